The summed E-state index contributed by atoms with van der Waals surface area (Å²) in [6.45, 7) is 2.24. The Kier molecular flexibility index (Phi) is 5.92. The smallest absolute Gasteiger partial charge is 0.227 e. The zero-order chi connectivity index (χ0) is 26.2. The van der Waals surface area contributed by atoms with E-state index >= 15 is 0 Å². The molecule has 0 spiro atoms. The minimum Gasteiger partial charge on any atom is -0.335 e. The van der Waals surface area contributed by atoms with Crippen LogP contribution in [-0.4, -0.2) is 37.9 Å². The molecule has 0 saturated carbocycles. The Hall–Kier alpha value is -4.85. The molecule has 38 heavy (non-hydrogen) atoms. The summed E-state index contributed by atoms with van der Waals surface area (Å²) in [7, 11) is 1.97. The number of aryl methyl sites for hydroxylation is 1. The molecular weight excluding hydrogens is 476 g/mol. The van der Waals surface area contributed by atoms with Crippen LogP contribution in [0.3, 0.4) is 0 Å². The fourth-order valence-corrected chi connectivity index (χ4v) is 4.97. The molecular formula is C30H26N6O2. The first kappa shape index (κ1) is 23.5. The lowest BCUT2D eigenvalue weighted by Crippen LogP contribution is -2.23. The van der Waals surface area contributed by atoms with Crippen LogP contribution in [0.4, 0.5) is 11.5 Å². The third-order valence-corrected chi connectivity index (χ3v) is 6.85. The molecule has 0 atom stereocenters. The predicted octanol–water partition coefficient (Wildman–Crippen LogP) is 5.45. The molecule has 8 nitrogen and oxygen atoms in total. The Morgan fingerprint density at radius 3 is 2.26 bits per heavy atom. The van der Waals surface area contributed by atoms with Gasteiger partial charge >= 0.3 is 0 Å². The second kappa shape index (κ2) is 9.55. The molecule has 2 amide bonds. The van der Waals surface area contributed by atoms with Crippen LogP contribution in [0, 0.1) is 0 Å². The van der Waals surface area contributed by atoms with Gasteiger partial charge in [-0.25, -0.2) is 9.97 Å². The number of hydrogen-bond donors (Lipinski definition) is 1. The number of nitrogens with zero attached hydrogens (tertiary/aromatic N) is 5. The molecule has 8 heteroatoms. The van der Waals surface area contributed by atoms with E-state index in [9.17, 15) is 9.59 Å². The quantitative estimate of drug-likeness (QED) is 0.345. The lowest BCUT2D eigenvalue weighted by atomic mass is 10.0. The van der Waals surface area contributed by atoms with Crippen LogP contribution in [0.25, 0.3) is 44.4 Å². The first-order chi connectivity index (χ1) is 18.5. The number of anilines is 2. The van der Waals surface area contributed by atoms with Crippen molar-refractivity contribution >= 4 is 34.4 Å². The zero-order valence-electron chi connectivity index (χ0n) is 21.2. The highest BCUT2D eigenvalue weighted by molar-refractivity contribution is 5.97. The van der Waals surface area contributed by atoms with E-state index in [4.69, 9.17) is 4.98 Å². The number of rotatable bonds is 5. The molecule has 188 valence electrons. The molecule has 5 aromatic rings. The normalized spacial score (nSPS) is 13.3. The highest BCUT2D eigenvalue weighted by Gasteiger charge is 2.21. The fourth-order valence-electron chi connectivity index (χ4n) is 4.97. The van der Waals surface area contributed by atoms with Crippen molar-refractivity contribution in [2.45, 2.75) is 19.8 Å². The molecule has 4 aromatic heterocycles. The van der Waals surface area contributed by atoms with Gasteiger partial charge in [0, 0.05) is 96.8 Å². The van der Waals surface area contributed by atoms with Gasteiger partial charge in [0.15, 0.2) is 0 Å². The summed E-state index contributed by atoms with van der Waals surface area (Å²) in [4.78, 5) is 38.9. The summed E-state index contributed by atoms with van der Waals surface area (Å²) in [6, 6.07) is 16.1. The van der Waals surface area contributed by atoms with E-state index in [1.807, 2.05) is 71.6 Å². The molecule has 0 unspecified atom stereocenters. The number of aromatic nitrogens is 4. The predicted molar refractivity (Wildman–Crippen MR) is 149 cm³/mol. The molecule has 1 aromatic carbocycles. The van der Waals surface area contributed by atoms with Gasteiger partial charge in [0.1, 0.15) is 11.5 Å². The first-order valence-electron chi connectivity index (χ1n) is 12.5. The van der Waals surface area contributed by atoms with Gasteiger partial charge in [-0.05, 0) is 48.4 Å². The number of nitrogens with one attached hydrogen (secondary N) is 1. The van der Waals surface area contributed by atoms with E-state index in [2.05, 4.69) is 27.4 Å². The molecule has 5 heterocycles. The van der Waals surface area contributed by atoms with Gasteiger partial charge in [-0.1, -0.05) is 12.1 Å². The zero-order valence-corrected chi connectivity index (χ0v) is 21.2. The number of fused-ring (bicyclic) bond motifs is 1. The summed E-state index contributed by atoms with van der Waals surface area (Å²) in [6.07, 6.45) is 10.9. The summed E-state index contributed by atoms with van der Waals surface area (Å²) in [5, 5.41) is 3.71. The number of benzene rings is 1. The van der Waals surface area contributed by atoms with Crippen molar-refractivity contribution in [2.75, 3.05) is 16.8 Å². The van der Waals surface area contributed by atoms with Crippen molar-refractivity contribution in [3.8, 4) is 33.4 Å². The van der Waals surface area contributed by atoms with Gasteiger partial charge in [-0.3, -0.25) is 14.6 Å². The molecule has 0 aliphatic carbocycles. The van der Waals surface area contributed by atoms with Crippen LogP contribution in [0.2, 0.25) is 0 Å². The lowest BCUT2D eigenvalue weighted by Gasteiger charge is -2.16. The highest BCUT2D eigenvalue weighted by atomic mass is 16.2. The van der Waals surface area contributed by atoms with Gasteiger partial charge in [0.05, 0.1) is 0 Å². The summed E-state index contributed by atoms with van der Waals surface area (Å²) < 4.78 is 2.00. The number of pyridine rings is 3. The maximum atomic E-state index is 12.1. The Bertz CT molecular complexity index is 1670. The summed E-state index contributed by atoms with van der Waals surface area (Å²) in [5.41, 5.74) is 7.70. The molecule has 1 N–H and O–H groups in total. The fraction of sp³-hybridized carbons (Fsp3) is 0.167. The number of carbonyl (C=O) groups is 2. The number of carbonyl (C=O) groups excluding carboxylic acids is 2. The van der Waals surface area contributed by atoms with Crippen LogP contribution >= 0.6 is 0 Å². The van der Waals surface area contributed by atoms with E-state index in [1.165, 1.54) is 6.92 Å². The topological polar surface area (TPSA) is 93.0 Å². The molecule has 1 fully saturated rings. The van der Waals surface area contributed by atoms with E-state index in [1.54, 1.807) is 12.3 Å². The average molecular weight is 503 g/mol. The minimum absolute atomic E-state index is 0.155. The van der Waals surface area contributed by atoms with Crippen LogP contribution in [0.5, 0.6) is 0 Å². The molecule has 0 bridgehead atoms. The average Bonchev–Trinajstić information content (AvgIpc) is 3.51. The van der Waals surface area contributed by atoms with Crippen molar-refractivity contribution in [3.05, 3.63) is 79.5 Å². The van der Waals surface area contributed by atoms with E-state index in [0.717, 1.165) is 63.1 Å². The third-order valence-electron chi connectivity index (χ3n) is 6.85. The van der Waals surface area contributed by atoms with Gasteiger partial charge in [0.2, 0.25) is 11.8 Å². The monoisotopic (exact) mass is 502 g/mol. The summed E-state index contributed by atoms with van der Waals surface area (Å²) in [5.74, 6) is 0.546. The molecule has 1 aliphatic heterocycles. The number of amides is 2. The van der Waals surface area contributed by atoms with E-state index < -0.39 is 0 Å². The molecule has 6 rings (SSSR count). The maximum absolute atomic E-state index is 12.1. The Morgan fingerprint density at radius 1 is 0.868 bits per heavy atom. The Labute approximate surface area is 220 Å². The Balaban J connectivity index is 1.33. The van der Waals surface area contributed by atoms with Crippen LogP contribution < -0.4 is 10.2 Å². The molecule has 1 saturated heterocycles. The largest absolute Gasteiger partial charge is 0.335 e. The van der Waals surface area contributed by atoms with Crippen LogP contribution in [-0.2, 0) is 16.6 Å². The van der Waals surface area contributed by atoms with E-state index in [0.29, 0.717) is 12.2 Å². The van der Waals surface area contributed by atoms with Crippen molar-refractivity contribution in [3.63, 3.8) is 0 Å². The van der Waals surface area contributed by atoms with Crippen molar-refractivity contribution in [1.82, 2.24) is 19.5 Å². The van der Waals surface area contributed by atoms with Crippen LogP contribution in [0.15, 0.2) is 79.5 Å². The lowest BCUT2D eigenvalue weighted by molar-refractivity contribution is -0.117. The Morgan fingerprint density at radius 2 is 1.58 bits per heavy atom. The van der Waals surface area contributed by atoms with Gasteiger partial charge in [-0.15, -0.1) is 0 Å². The van der Waals surface area contributed by atoms with Gasteiger partial charge in [0.25, 0.3) is 0 Å². The van der Waals surface area contributed by atoms with Crippen LogP contribution in [0.1, 0.15) is 19.8 Å². The molecule has 0 radical (unpaired) electrons. The summed E-state index contributed by atoms with van der Waals surface area (Å²) >= 11 is 0. The second-order valence-electron chi connectivity index (χ2n) is 9.52. The standard InChI is InChI=1S/C30H26N6O2/c1-19(37)34-28-10-7-21(16-32-28)27-18-35(2)30-26(27)13-24(17-33-30)23-12-22(14-31-15-23)20-5-8-25(9-6-20)36-11-3-4-29(36)38/h5-10,12-18H,3-4,11H2,1-2H3,(H,32,34,37). The first-order valence-corrected chi connectivity index (χ1v) is 12.5. The maximum Gasteiger partial charge on any atom is 0.227 e. The SMILES string of the molecule is CC(=O)Nc1ccc(-c2cn(C)c3ncc(-c4cncc(-c5ccc(N6CCCC6=O)cc5)c4)cc23)cn1. The molecule has 1 aliphatic rings. The van der Waals surface area contributed by atoms with E-state index in [-0.39, 0.29) is 11.8 Å². The van der Waals surface area contributed by atoms with Crippen molar-refractivity contribution in [2.24, 2.45) is 7.05 Å². The van der Waals surface area contributed by atoms with Crippen molar-refractivity contribution in [1.29, 1.82) is 0 Å². The van der Waals surface area contributed by atoms with Gasteiger partial charge < -0.3 is 14.8 Å². The third kappa shape index (κ3) is 4.41. The number of hydrogen-bond acceptors (Lipinski definition) is 5. The second-order valence-corrected chi connectivity index (χ2v) is 9.52. The van der Waals surface area contributed by atoms with Gasteiger partial charge in [-0.2, -0.15) is 0 Å². The minimum atomic E-state index is -0.155. The highest BCUT2D eigenvalue weighted by Crippen LogP contribution is 2.33. The van der Waals surface area contributed by atoms with Crippen molar-refractivity contribution < 1.29 is 9.59 Å².